The third kappa shape index (κ3) is 8.14. The van der Waals surface area contributed by atoms with Gasteiger partial charge in [0, 0.05) is 0 Å². The molecule has 0 aliphatic heterocycles. The van der Waals surface area contributed by atoms with Gasteiger partial charge in [-0.15, -0.1) is 0 Å². The van der Waals surface area contributed by atoms with E-state index < -0.39 is 0 Å². The Morgan fingerprint density at radius 2 is 0.692 bits per heavy atom. The molecule has 8 N–H and O–H groups in total. The molecule has 5 nitrogen and oxygen atoms in total. The summed E-state index contributed by atoms with van der Waals surface area (Å²) in [6.07, 6.45) is 0. The summed E-state index contributed by atoms with van der Waals surface area (Å²) < 4.78 is 1.28. The molecule has 0 heterocycles. The van der Waals surface area contributed by atoms with Crippen LogP contribution < -0.4 is 0 Å². The molecule has 0 aromatic rings. The van der Waals surface area contributed by atoms with E-state index in [-0.39, 0.29) is 21.9 Å². The van der Waals surface area contributed by atoms with Crippen molar-refractivity contribution in [1.29, 1.82) is 0 Å². The van der Waals surface area contributed by atoms with Gasteiger partial charge in [-0.2, -0.15) is 0 Å². The monoisotopic (exact) mass is 202 g/mol. The van der Waals surface area contributed by atoms with E-state index in [4.69, 9.17) is 0 Å². The van der Waals surface area contributed by atoms with Crippen LogP contribution in [0.2, 0.25) is 0 Å². The van der Waals surface area contributed by atoms with Crippen molar-refractivity contribution in [2.45, 2.75) is 27.7 Å². The van der Waals surface area contributed by atoms with E-state index in [0.717, 1.165) is 0 Å². The average molecular weight is 202 g/mol. The van der Waals surface area contributed by atoms with E-state index in [1.807, 2.05) is 0 Å². The SMILES string of the molecule is CC[N+](CC)(CC)CC.O.O.O.O. The van der Waals surface area contributed by atoms with Crippen LogP contribution in [0.4, 0.5) is 0 Å². The first-order valence-electron chi connectivity index (χ1n) is 4.09. The third-order valence-electron chi connectivity index (χ3n) is 2.68. The van der Waals surface area contributed by atoms with Crippen molar-refractivity contribution in [3.05, 3.63) is 0 Å². The van der Waals surface area contributed by atoms with E-state index in [0.29, 0.717) is 0 Å². The zero-order chi connectivity index (χ0) is 7.33. The lowest BCUT2D eigenvalue weighted by Crippen LogP contribution is -2.47. The first-order valence-corrected chi connectivity index (χ1v) is 4.09. The maximum absolute atomic E-state index is 2.27. The average Bonchev–Trinajstić information content (AvgIpc) is 1.95. The Morgan fingerprint density at radius 3 is 0.692 bits per heavy atom. The summed E-state index contributed by atoms with van der Waals surface area (Å²) in [5.41, 5.74) is 0. The molecular weight excluding hydrogens is 174 g/mol. The first-order chi connectivity index (χ1) is 4.24. The highest BCUT2D eigenvalue weighted by Crippen LogP contribution is 2.03. The molecule has 0 amide bonds. The molecule has 0 aliphatic rings. The molecule has 0 aromatic carbocycles. The Labute approximate surface area is 81.2 Å². The molecule has 0 bridgehead atoms. The normalized spacial score (nSPS) is 8.31. The van der Waals surface area contributed by atoms with Gasteiger partial charge >= 0.3 is 0 Å². The first kappa shape index (κ1) is 29.3. The Bertz CT molecular complexity index is 59.0. The zero-order valence-corrected chi connectivity index (χ0v) is 9.28. The number of rotatable bonds is 4. The standard InChI is InChI=1S/C8H20N.4H2O/c1-5-9(6-2,7-3)8-4;;;;/h5-8H2,1-4H3;4*1H2/q+1;;;;. The summed E-state index contributed by atoms with van der Waals surface area (Å²) in [5, 5.41) is 0. The topological polar surface area (TPSA) is 126 Å². The summed E-state index contributed by atoms with van der Waals surface area (Å²) in [6.45, 7) is 14.2. The zero-order valence-electron chi connectivity index (χ0n) is 9.28. The lowest BCUT2D eigenvalue weighted by atomic mass is 10.3. The van der Waals surface area contributed by atoms with Gasteiger partial charge in [-0.25, -0.2) is 0 Å². The van der Waals surface area contributed by atoms with E-state index in [2.05, 4.69) is 27.7 Å². The fourth-order valence-corrected chi connectivity index (χ4v) is 1.34. The van der Waals surface area contributed by atoms with Gasteiger partial charge in [0.15, 0.2) is 0 Å². The molecule has 88 valence electrons. The molecule has 0 spiro atoms. The molecule has 0 atom stereocenters. The summed E-state index contributed by atoms with van der Waals surface area (Å²) in [7, 11) is 0. The van der Waals surface area contributed by atoms with Crippen molar-refractivity contribution in [1.82, 2.24) is 0 Å². The van der Waals surface area contributed by atoms with Crippen LogP contribution in [0.25, 0.3) is 0 Å². The van der Waals surface area contributed by atoms with Gasteiger partial charge < -0.3 is 26.4 Å². The summed E-state index contributed by atoms with van der Waals surface area (Å²) >= 11 is 0. The molecule has 0 unspecified atom stereocenters. The second-order valence-electron chi connectivity index (χ2n) is 2.61. The van der Waals surface area contributed by atoms with Crippen LogP contribution in [-0.4, -0.2) is 52.6 Å². The molecule has 0 rings (SSSR count). The minimum atomic E-state index is 0. The van der Waals surface area contributed by atoms with Gasteiger partial charge in [0.1, 0.15) is 0 Å². The van der Waals surface area contributed by atoms with Crippen molar-refractivity contribution >= 4 is 0 Å². The second-order valence-corrected chi connectivity index (χ2v) is 2.61. The second kappa shape index (κ2) is 14.3. The Morgan fingerprint density at radius 1 is 0.538 bits per heavy atom. The minimum absolute atomic E-state index is 0. The highest BCUT2D eigenvalue weighted by molar-refractivity contribution is 4.31. The third-order valence-corrected chi connectivity index (χ3v) is 2.68. The fourth-order valence-electron chi connectivity index (χ4n) is 1.34. The maximum Gasteiger partial charge on any atom is 0.0757 e. The van der Waals surface area contributed by atoms with Gasteiger partial charge in [-0.3, -0.25) is 0 Å². The molecule has 0 aromatic heterocycles. The quantitative estimate of drug-likeness (QED) is 0.496. The van der Waals surface area contributed by atoms with Crippen molar-refractivity contribution in [3.8, 4) is 0 Å². The smallest absolute Gasteiger partial charge is 0.0757 e. The van der Waals surface area contributed by atoms with Crippen molar-refractivity contribution < 1.29 is 26.4 Å². The van der Waals surface area contributed by atoms with E-state index in [9.17, 15) is 0 Å². The van der Waals surface area contributed by atoms with Crippen LogP contribution >= 0.6 is 0 Å². The van der Waals surface area contributed by atoms with Crippen molar-refractivity contribution in [2.24, 2.45) is 0 Å². The van der Waals surface area contributed by atoms with Gasteiger partial charge in [0.25, 0.3) is 0 Å². The van der Waals surface area contributed by atoms with Gasteiger partial charge in [-0.1, -0.05) is 0 Å². The largest absolute Gasteiger partial charge is 0.412 e. The Balaban J connectivity index is -0.0000000533. The Hall–Kier alpha value is -0.200. The van der Waals surface area contributed by atoms with Crippen LogP contribution in [0.15, 0.2) is 0 Å². The van der Waals surface area contributed by atoms with Gasteiger partial charge in [0.05, 0.1) is 26.2 Å². The molecule has 0 aliphatic carbocycles. The predicted molar refractivity (Wildman–Crippen MR) is 56.9 cm³/mol. The van der Waals surface area contributed by atoms with E-state index in [1.54, 1.807) is 0 Å². The van der Waals surface area contributed by atoms with Gasteiger partial charge in [0.2, 0.25) is 0 Å². The molecule has 0 saturated heterocycles. The molecular formula is C8H28NO4+. The van der Waals surface area contributed by atoms with Crippen LogP contribution in [0.1, 0.15) is 27.7 Å². The molecule has 0 fully saturated rings. The Kier molecular flexibility index (Phi) is 32.3. The molecule has 13 heavy (non-hydrogen) atoms. The predicted octanol–water partition coefficient (Wildman–Crippen LogP) is -1.42. The van der Waals surface area contributed by atoms with Crippen LogP contribution in [0.3, 0.4) is 0 Å². The van der Waals surface area contributed by atoms with Crippen molar-refractivity contribution in [3.63, 3.8) is 0 Å². The summed E-state index contributed by atoms with van der Waals surface area (Å²) in [5.74, 6) is 0. The van der Waals surface area contributed by atoms with Crippen LogP contribution in [0.5, 0.6) is 0 Å². The fraction of sp³-hybridized carbons (Fsp3) is 1.00. The van der Waals surface area contributed by atoms with E-state index in [1.165, 1.54) is 30.7 Å². The van der Waals surface area contributed by atoms with Crippen LogP contribution in [-0.2, 0) is 0 Å². The molecule has 0 radical (unpaired) electrons. The maximum atomic E-state index is 2.27. The van der Waals surface area contributed by atoms with E-state index >= 15 is 0 Å². The van der Waals surface area contributed by atoms with Crippen molar-refractivity contribution in [2.75, 3.05) is 26.2 Å². The lowest BCUT2D eigenvalue weighted by Gasteiger charge is -2.34. The lowest BCUT2D eigenvalue weighted by molar-refractivity contribution is -0.921. The minimum Gasteiger partial charge on any atom is -0.412 e. The number of quaternary nitrogens is 1. The molecule has 5 heteroatoms. The summed E-state index contributed by atoms with van der Waals surface area (Å²) in [4.78, 5) is 0. The number of hydrogen-bond acceptors (Lipinski definition) is 0. The number of hydrogen-bond donors (Lipinski definition) is 0. The molecule has 0 saturated carbocycles. The summed E-state index contributed by atoms with van der Waals surface area (Å²) in [6, 6.07) is 0. The van der Waals surface area contributed by atoms with Gasteiger partial charge in [-0.05, 0) is 27.7 Å². The number of nitrogens with zero attached hydrogens (tertiary/aromatic N) is 1. The van der Waals surface area contributed by atoms with Crippen LogP contribution in [0, 0.1) is 0 Å². The highest BCUT2D eigenvalue weighted by atomic mass is 16.0. The highest BCUT2D eigenvalue weighted by Gasteiger charge is 2.16.